The number of hydrogen-bond donors (Lipinski definition) is 1. The molecule has 0 bridgehead atoms. The maximum absolute atomic E-state index is 12.2. The first-order valence-corrected chi connectivity index (χ1v) is 8.08. The number of anilines is 1. The number of amides is 1. The number of ether oxygens (including phenoxy) is 1. The monoisotopic (exact) mass is 328 g/mol. The third-order valence-corrected chi connectivity index (χ3v) is 3.70. The lowest BCUT2D eigenvalue weighted by Crippen LogP contribution is -2.28. The molecule has 1 aromatic carbocycles. The SMILES string of the molecule is CCCCN(C)C(=O)c1cnc(NCc2ccc(OC)cc2)cn1. The summed E-state index contributed by atoms with van der Waals surface area (Å²) < 4.78 is 5.13. The van der Waals surface area contributed by atoms with E-state index in [9.17, 15) is 4.79 Å². The molecule has 1 amide bonds. The van der Waals surface area contributed by atoms with Crippen molar-refractivity contribution in [1.29, 1.82) is 0 Å². The number of rotatable bonds is 8. The van der Waals surface area contributed by atoms with Crippen LogP contribution in [0.4, 0.5) is 5.82 Å². The van der Waals surface area contributed by atoms with Crippen molar-refractivity contribution in [2.24, 2.45) is 0 Å². The summed E-state index contributed by atoms with van der Waals surface area (Å²) in [6, 6.07) is 7.80. The number of benzene rings is 1. The second-order valence-electron chi connectivity index (χ2n) is 5.57. The number of aromatic nitrogens is 2. The third-order valence-electron chi connectivity index (χ3n) is 3.70. The van der Waals surface area contributed by atoms with Crippen LogP contribution < -0.4 is 10.1 Å². The summed E-state index contributed by atoms with van der Waals surface area (Å²) in [6.45, 7) is 3.46. The van der Waals surface area contributed by atoms with Crippen molar-refractivity contribution < 1.29 is 9.53 Å². The van der Waals surface area contributed by atoms with Gasteiger partial charge in [0, 0.05) is 20.1 Å². The summed E-state index contributed by atoms with van der Waals surface area (Å²) in [5.41, 5.74) is 1.47. The van der Waals surface area contributed by atoms with E-state index < -0.39 is 0 Å². The van der Waals surface area contributed by atoms with E-state index >= 15 is 0 Å². The van der Waals surface area contributed by atoms with Crippen molar-refractivity contribution in [2.45, 2.75) is 26.3 Å². The summed E-state index contributed by atoms with van der Waals surface area (Å²) in [5, 5.41) is 3.19. The Morgan fingerprint density at radius 1 is 1.21 bits per heavy atom. The van der Waals surface area contributed by atoms with Gasteiger partial charge in [0.1, 0.15) is 17.3 Å². The van der Waals surface area contributed by atoms with Crippen molar-refractivity contribution in [3.8, 4) is 5.75 Å². The Bertz CT molecular complexity index is 641. The fourth-order valence-electron chi connectivity index (χ4n) is 2.16. The Balaban J connectivity index is 1.90. The smallest absolute Gasteiger partial charge is 0.273 e. The standard InChI is InChI=1S/C18H24N4O2/c1-4-5-10-22(2)18(23)16-12-21-17(13-19-16)20-11-14-6-8-15(24-3)9-7-14/h6-9,12-13H,4-5,10-11H2,1-3H3,(H,20,21). The summed E-state index contributed by atoms with van der Waals surface area (Å²) in [5.74, 6) is 1.37. The van der Waals surface area contributed by atoms with Crippen LogP contribution in [0.1, 0.15) is 35.8 Å². The van der Waals surface area contributed by atoms with E-state index in [4.69, 9.17) is 4.74 Å². The van der Waals surface area contributed by atoms with Crippen LogP contribution in [0, 0.1) is 0 Å². The maximum Gasteiger partial charge on any atom is 0.273 e. The Morgan fingerprint density at radius 2 is 1.96 bits per heavy atom. The molecular weight excluding hydrogens is 304 g/mol. The number of carbonyl (C=O) groups excluding carboxylic acids is 1. The van der Waals surface area contributed by atoms with Crippen molar-refractivity contribution in [1.82, 2.24) is 14.9 Å². The lowest BCUT2D eigenvalue weighted by atomic mass is 10.2. The van der Waals surface area contributed by atoms with E-state index in [1.54, 1.807) is 25.3 Å². The fourth-order valence-corrected chi connectivity index (χ4v) is 2.16. The van der Waals surface area contributed by atoms with E-state index in [-0.39, 0.29) is 5.91 Å². The number of carbonyl (C=O) groups is 1. The van der Waals surface area contributed by atoms with Gasteiger partial charge in [-0.25, -0.2) is 9.97 Å². The quantitative estimate of drug-likeness (QED) is 0.807. The Hall–Kier alpha value is -2.63. The van der Waals surface area contributed by atoms with E-state index in [1.807, 2.05) is 24.3 Å². The van der Waals surface area contributed by atoms with Crippen molar-refractivity contribution >= 4 is 11.7 Å². The molecule has 6 nitrogen and oxygen atoms in total. The number of hydrogen-bond acceptors (Lipinski definition) is 5. The van der Waals surface area contributed by atoms with Gasteiger partial charge in [-0.1, -0.05) is 25.5 Å². The molecular formula is C18H24N4O2. The van der Waals surface area contributed by atoms with E-state index in [2.05, 4.69) is 22.2 Å². The minimum absolute atomic E-state index is 0.0994. The molecule has 1 N–H and O–H groups in total. The Labute approximate surface area is 142 Å². The highest BCUT2D eigenvalue weighted by atomic mass is 16.5. The first-order chi connectivity index (χ1) is 11.6. The molecule has 0 spiro atoms. The van der Waals surface area contributed by atoms with Crippen molar-refractivity contribution in [2.75, 3.05) is 26.0 Å². The Kier molecular flexibility index (Phi) is 6.54. The molecule has 128 valence electrons. The molecule has 0 saturated carbocycles. The van der Waals surface area contributed by atoms with Gasteiger partial charge in [-0.2, -0.15) is 0 Å². The van der Waals surface area contributed by atoms with Gasteiger partial charge in [-0.15, -0.1) is 0 Å². The van der Waals surface area contributed by atoms with E-state index in [1.165, 1.54) is 6.20 Å². The summed E-state index contributed by atoms with van der Waals surface area (Å²) in [7, 11) is 3.43. The van der Waals surface area contributed by atoms with Crippen LogP contribution >= 0.6 is 0 Å². The predicted molar refractivity (Wildman–Crippen MR) is 94.2 cm³/mol. The van der Waals surface area contributed by atoms with Crippen LogP contribution in [0.15, 0.2) is 36.7 Å². The minimum Gasteiger partial charge on any atom is -0.497 e. The average molecular weight is 328 g/mol. The van der Waals surface area contributed by atoms with Gasteiger partial charge >= 0.3 is 0 Å². The predicted octanol–water partition coefficient (Wildman–Crippen LogP) is 2.97. The number of nitrogens with one attached hydrogen (secondary N) is 1. The van der Waals surface area contributed by atoms with Crippen LogP contribution in [-0.4, -0.2) is 41.5 Å². The molecule has 0 aliphatic rings. The second kappa shape index (κ2) is 8.86. The molecule has 1 aromatic heterocycles. The van der Waals surface area contributed by atoms with Crippen LogP contribution in [0.5, 0.6) is 5.75 Å². The molecule has 0 unspecified atom stereocenters. The third kappa shape index (κ3) is 4.94. The topological polar surface area (TPSA) is 67.4 Å². The molecule has 0 aliphatic carbocycles. The first kappa shape index (κ1) is 17.7. The fraction of sp³-hybridized carbons (Fsp3) is 0.389. The molecule has 0 aliphatic heterocycles. The lowest BCUT2D eigenvalue weighted by molar-refractivity contribution is 0.0787. The van der Waals surface area contributed by atoms with Gasteiger partial charge in [-0.05, 0) is 24.1 Å². The number of methoxy groups -OCH3 is 1. The van der Waals surface area contributed by atoms with Gasteiger partial charge in [0.05, 0.1) is 19.5 Å². The molecule has 0 radical (unpaired) electrons. The van der Waals surface area contributed by atoms with E-state index in [0.29, 0.717) is 18.1 Å². The first-order valence-electron chi connectivity index (χ1n) is 8.08. The van der Waals surface area contributed by atoms with Crippen LogP contribution in [0.2, 0.25) is 0 Å². The highest BCUT2D eigenvalue weighted by Crippen LogP contribution is 2.12. The highest BCUT2D eigenvalue weighted by Gasteiger charge is 2.13. The highest BCUT2D eigenvalue weighted by molar-refractivity contribution is 5.91. The minimum atomic E-state index is -0.0994. The molecule has 6 heteroatoms. The molecule has 24 heavy (non-hydrogen) atoms. The molecule has 0 fully saturated rings. The van der Waals surface area contributed by atoms with Crippen LogP contribution in [0.25, 0.3) is 0 Å². The van der Waals surface area contributed by atoms with Gasteiger partial charge < -0.3 is 15.0 Å². The van der Waals surface area contributed by atoms with E-state index in [0.717, 1.165) is 30.7 Å². The molecule has 0 saturated heterocycles. The molecule has 2 rings (SSSR count). The van der Waals surface area contributed by atoms with Gasteiger partial charge in [0.25, 0.3) is 5.91 Å². The summed E-state index contributed by atoms with van der Waals surface area (Å²) in [4.78, 5) is 22.3. The normalized spacial score (nSPS) is 10.3. The molecule has 1 heterocycles. The summed E-state index contributed by atoms with van der Waals surface area (Å²) in [6.07, 6.45) is 5.14. The zero-order valence-electron chi connectivity index (χ0n) is 14.5. The van der Waals surface area contributed by atoms with Crippen molar-refractivity contribution in [3.63, 3.8) is 0 Å². The van der Waals surface area contributed by atoms with Gasteiger partial charge in [0.15, 0.2) is 0 Å². The van der Waals surface area contributed by atoms with Crippen LogP contribution in [0.3, 0.4) is 0 Å². The van der Waals surface area contributed by atoms with Crippen LogP contribution in [-0.2, 0) is 6.54 Å². The number of unbranched alkanes of at least 4 members (excludes halogenated alkanes) is 1. The van der Waals surface area contributed by atoms with Gasteiger partial charge in [-0.3, -0.25) is 4.79 Å². The second-order valence-corrected chi connectivity index (χ2v) is 5.57. The van der Waals surface area contributed by atoms with Gasteiger partial charge in [0.2, 0.25) is 0 Å². The molecule has 2 aromatic rings. The zero-order chi connectivity index (χ0) is 17.4. The lowest BCUT2D eigenvalue weighted by Gasteiger charge is -2.16. The largest absolute Gasteiger partial charge is 0.497 e. The summed E-state index contributed by atoms with van der Waals surface area (Å²) >= 11 is 0. The maximum atomic E-state index is 12.2. The molecule has 0 atom stereocenters. The number of nitrogens with zero attached hydrogens (tertiary/aromatic N) is 3. The average Bonchev–Trinajstić information content (AvgIpc) is 2.64. The Morgan fingerprint density at radius 3 is 2.54 bits per heavy atom. The van der Waals surface area contributed by atoms with Crippen molar-refractivity contribution in [3.05, 3.63) is 47.9 Å². The zero-order valence-corrected chi connectivity index (χ0v) is 14.5.